The fraction of sp³-hybridized carbons (Fsp3) is 0.231. The summed E-state index contributed by atoms with van der Waals surface area (Å²) in [5.41, 5.74) is 5.86. The Morgan fingerprint density at radius 1 is 1.48 bits per heavy atom. The molecule has 7 nitrogen and oxygen atoms in total. The number of aromatic nitrogens is 2. The van der Waals surface area contributed by atoms with E-state index in [1.54, 1.807) is 12.1 Å². The van der Waals surface area contributed by atoms with Crippen molar-refractivity contribution < 1.29 is 14.1 Å². The minimum absolute atomic E-state index is 0.175. The highest BCUT2D eigenvalue weighted by Crippen LogP contribution is 2.38. The number of nitrogens with two attached hydrogens (primary N) is 1. The van der Waals surface area contributed by atoms with Gasteiger partial charge < -0.3 is 10.5 Å². The van der Waals surface area contributed by atoms with Crippen molar-refractivity contribution in [3.05, 3.63) is 51.7 Å². The number of hydrogen-bond acceptors (Lipinski definition) is 6. The van der Waals surface area contributed by atoms with Gasteiger partial charge in [-0.25, -0.2) is 14.4 Å². The van der Waals surface area contributed by atoms with Gasteiger partial charge in [-0.3, -0.25) is 10.1 Å². The zero-order valence-electron chi connectivity index (χ0n) is 10.8. The zero-order chi connectivity index (χ0) is 15.0. The molecule has 2 N–H and O–H groups in total. The number of fused-ring (bicyclic) bond motifs is 1. The quantitative estimate of drug-likeness (QED) is 0.670. The van der Waals surface area contributed by atoms with Crippen LogP contribution in [-0.2, 0) is 0 Å². The molecule has 0 fully saturated rings. The Labute approximate surface area is 118 Å². The van der Waals surface area contributed by atoms with E-state index in [-0.39, 0.29) is 23.2 Å². The molecule has 1 aliphatic heterocycles. The van der Waals surface area contributed by atoms with Crippen molar-refractivity contribution in [2.75, 3.05) is 12.3 Å². The lowest BCUT2D eigenvalue weighted by Gasteiger charge is -2.25. The summed E-state index contributed by atoms with van der Waals surface area (Å²) in [7, 11) is 0. The summed E-state index contributed by atoms with van der Waals surface area (Å²) in [6.07, 6.45) is 1.62. The van der Waals surface area contributed by atoms with Crippen molar-refractivity contribution in [3.63, 3.8) is 0 Å². The zero-order valence-corrected chi connectivity index (χ0v) is 10.8. The van der Waals surface area contributed by atoms with Gasteiger partial charge in [-0.15, -0.1) is 0 Å². The fourth-order valence-corrected chi connectivity index (χ4v) is 2.37. The van der Waals surface area contributed by atoms with E-state index in [0.717, 1.165) is 6.20 Å². The summed E-state index contributed by atoms with van der Waals surface area (Å²) in [6.45, 7) is 0.318. The van der Waals surface area contributed by atoms with E-state index in [0.29, 0.717) is 24.4 Å². The molecule has 2 aromatic rings. The summed E-state index contributed by atoms with van der Waals surface area (Å²) in [4.78, 5) is 18.1. The van der Waals surface area contributed by atoms with E-state index in [2.05, 4.69) is 9.97 Å². The standard InChI is InChI=1S/C13H11FN4O3/c14-9-3-1-2-7-8(4-5-21-11(7)9)13-16-6-10(18(19)20)12(15)17-13/h1-3,6,8H,4-5H2,(H2,15,16,17)/t8-/m1/s1. The summed E-state index contributed by atoms with van der Waals surface area (Å²) in [5.74, 6) is -0.448. The Bertz CT molecular complexity index is 723. The minimum atomic E-state index is -0.642. The molecule has 0 saturated heterocycles. The van der Waals surface area contributed by atoms with Crippen LogP contribution in [-0.4, -0.2) is 21.5 Å². The molecular formula is C13H11FN4O3. The van der Waals surface area contributed by atoms with E-state index in [4.69, 9.17) is 10.5 Å². The molecule has 1 atom stereocenters. The summed E-state index contributed by atoms with van der Waals surface area (Å²) in [6, 6.07) is 4.61. The van der Waals surface area contributed by atoms with Gasteiger partial charge in [0.1, 0.15) is 12.0 Å². The molecule has 0 saturated carbocycles. The van der Waals surface area contributed by atoms with Crippen molar-refractivity contribution in [3.8, 4) is 5.75 Å². The number of nitro groups is 1. The first-order chi connectivity index (χ1) is 10.1. The maximum atomic E-state index is 13.7. The van der Waals surface area contributed by atoms with E-state index in [9.17, 15) is 14.5 Å². The number of benzene rings is 1. The number of halogens is 1. The van der Waals surface area contributed by atoms with E-state index < -0.39 is 10.7 Å². The Hall–Kier alpha value is -2.77. The van der Waals surface area contributed by atoms with Gasteiger partial charge >= 0.3 is 5.69 Å². The van der Waals surface area contributed by atoms with Crippen LogP contribution in [0.5, 0.6) is 5.75 Å². The molecule has 0 amide bonds. The van der Waals surface area contributed by atoms with Crippen LogP contribution in [0, 0.1) is 15.9 Å². The fourth-order valence-electron chi connectivity index (χ4n) is 2.37. The third-order valence-corrected chi connectivity index (χ3v) is 3.35. The highest BCUT2D eigenvalue weighted by molar-refractivity contribution is 5.51. The highest BCUT2D eigenvalue weighted by atomic mass is 19.1. The lowest BCUT2D eigenvalue weighted by Crippen LogP contribution is -2.18. The third-order valence-electron chi connectivity index (χ3n) is 3.35. The second-order valence-electron chi connectivity index (χ2n) is 4.60. The molecule has 2 heterocycles. The summed E-state index contributed by atoms with van der Waals surface area (Å²) < 4.78 is 19.1. The number of anilines is 1. The van der Waals surface area contributed by atoms with Crippen molar-refractivity contribution >= 4 is 11.5 Å². The van der Waals surface area contributed by atoms with Crippen molar-refractivity contribution in [2.45, 2.75) is 12.3 Å². The molecule has 1 aliphatic rings. The molecule has 0 bridgehead atoms. The first-order valence-electron chi connectivity index (χ1n) is 6.26. The van der Waals surface area contributed by atoms with E-state index in [1.807, 2.05) is 0 Å². The number of hydrogen-bond donors (Lipinski definition) is 1. The first-order valence-corrected chi connectivity index (χ1v) is 6.26. The first kappa shape index (κ1) is 13.2. The molecule has 1 aromatic heterocycles. The predicted octanol–water partition coefficient (Wildman–Crippen LogP) is 2.02. The number of ether oxygens (including phenoxy) is 1. The number of nitrogens with zero attached hydrogens (tertiary/aromatic N) is 3. The molecule has 0 radical (unpaired) electrons. The number of rotatable bonds is 2. The topological polar surface area (TPSA) is 104 Å². The van der Waals surface area contributed by atoms with Crippen LogP contribution < -0.4 is 10.5 Å². The largest absolute Gasteiger partial charge is 0.490 e. The molecule has 1 aromatic carbocycles. The molecular weight excluding hydrogens is 279 g/mol. The van der Waals surface area contributed by atoms with Gasteiger partial charge in [0.2, 0.25) is 5.82 Å². The molecule has 0 aliphatic carbocycles. The van der Waals surface area contributed by atoms with Crippen LogP contribution in [0.2, 0.25) is 0 Å². The lowest BCUT2D eigenvalue weighted by molar-refractivity contribution is -0.384. The molecule has 0 unspecified atom stereocenters. The smallest absolute Gasteiger partial charge is 0.329 e. The van der Waals surface area contributed by atoms with Crippen LogP contribution >= 0.6 is 0 Å². The minimum Gasteiger partial charge on any atom is -0.490 e. The van der Waals surface area contributed by atoms with Gasteiger partial charge in [-0.1, -0.05) is 12.1 Å². The number of nitrogen functional groups attached to an aromatic ring is 1. The molecule has 0 spiro atoms. The number of para-hydroxylation sites is 1. The maximum absolute atomic E-state index is 13.7. The van der Waals surface area contributed by atoms with Crippen molar-refractivity contribution in [2.24, 2.45) is 0 Å². The van der Waals surface area contributed by atoms with Crippen LogP contribution in [0.4, 0.5) is 15.9 Å². The van der Waals surface area contributed by atoms with Crippen LogP contribution in [0.1, 0.15) is 23.7 Å². The lowest BCUT2D eigenvalue weighted by atomic mass is 9.92. The van der Waals surface area contributed by atoms with Crippen LogP contribution in [0.3, 0.4) is 0 Å². The summed E-state index contributed by atoms with van der Waals surface area (Å²) in [5, 5.41) is 10.7. The normalized spacial score (nSPS) is 16.9. The van der Waals surface area contributed by atoms with Crippen molar-refractivity contribution in [1.29, 1.82) is 0 Å². The molecule has 21 heavy (non-hydrogen) atoms. The van der Waals surface area contributed by atoms with Gasteiger partial charge in [-0.05, 0) is 12.5 Å². The molecule has 108 valence electrons. The third kappa shape index (κ3) is 2.24. The van der Waals surface area contributed by atoms with Crippen LogP contribution in [0.25, 0.3) is 0 Å². The predicted molar refractivity (Wildman–Crippen MR) is 71.5 cm³/mol. The molecule has 3 rings (SSSR count). The second kappa shape index (κ2) is 4.97. The summed E-state index contributed by atoms with van der Waals surface area (Å²) >= 11 is 0. The SMILES string of the molecule is Nc1nc([C@@H]2CCOc3c(F)cccc32)ncc1[N+](=O)[O-]. The Kier molecular flexibility index (Phi) is 3.13. The monoisotopic (exact) mass is 290 g/mol. The maximum Gasteiger partial charge on any atom is 0.329 e. The Morgan fingerprint density at radius 3 is 3.00 bits per heavy atom. The van der Waals surface area contributed by atoms with Gasteiger partial charge in [0.15, 0.2) is 11.6 Å². The van der Waals surface area contributed by atoms with Crippen molar-refractivity contribution in [1.82, 2.24) is 9.97 Å². The Morgan fingerprint density at radius 2 is 2.29 bits per heavy atom. The van der Waals surface area contributed by atoms with Gasteiger partial charge in [0.05, 0.1) is 17.4 Å². The van der Waals surface area contributed by atoms with Gasteiger partial charge in [0.25, 0.3) is 0 Å². The average Bonchev–Trinajstić information content (AvgIpc) is 2.46. The Balaban J connectivity index is 2.05. The van der Waals surface area contributed by atoms with E-state index >= 15 is 0 Å². The second-order valence-corrected chi connectivity index (χ2v) is 4.60. The average molecular weight is 290 g/mol. The van der Waals surface area contributed by atoms with Crippen LogP contribution in [0.15, 0.2) is 24.4 Å². The van der Waals surface area contributed by atoms with Gasteiger partial charge in [-0.2, -0.15) is 0 Å². The molecule has 8 heteroatoms. The van der Waals surface area contributed by atoms with E-state index in [1.165, 1.54) is 6.07 Å². The highest BCUT2D eigenvalue weighted by Gasteiger charge is 2.28. The van der Waals surface area contributed by atoms with Gasteiger partial charge in [0, 0.05) is 5.56 Å².